The van der Waals surface area contributed by atoms with Gasteiger partial charge in [-0.25, -0.2) is 4.79 Å². The van der Waals surface area contributed by atoms with Crippen LogP contribution in [0.3, 0.4) is 0 Å². The summed E-state index contributed by atoms with van der Waals surface area (Å²) in [7, 11) is 0. The molecule has 1 heterocycles. The highest BCUT2D eigenvalue weighted by Crippen LogP contribution is 2.29. The number of ether oxygens (including phenoxy) is 2. The zero-order valence-corrected chi connectivity index (χ0v) is 24.0. The summed E-state index contributed by atoms with van der Waals surface area (Å²) in [4.78, 5) is 52.5. The standard InChI is InChI=1S/C33H34N4O6/c1-22(35-32(41)42-20-26-11-7-4-8-12-26)30(39)37-28(18-24-13-15-25(19-34)16-14-24)31(40)36-27(29(38)33(2)21-43-33)17-23-9-5-3-6-10-23/h3-16,22,27-28H,17-18,20-21H2,1-2H3,(H,35,41)(H,36,40)(H,37,39)/t22-,27-,28-,33+/m0/s1. The SMILES string of the molecule is C[C@H](NC(=O)OCc1ccccc1)C(=O)N[C@@H](Cc1ccc(C#N)cc1)C(=O)N[C@@H](Cc1ccccc1)C(=O)[C@@]1(C)CO1. The second kappa shape index (κ2) is 14.2. The first-order valence-electron chi connectivity index (χ1n) is 14.0. The number of epoxide rings is 1. The Morgan fingerprint density at radius 1 is 0.814 bits per heavy atom. The van der Waals surface area contributed by atoms with Gasteiger partial charge in [0.25, 0.3) is 0 Å². The van der Waals surface area contributed by atoms with Crippen LogP contribution in [0.2, 0.25) is 0 Å². The van der Waals surface area contributed by atoms with Crippen molar-refractivity contribution in [2.24, 2.45) is 0 Å². The van der Waals surface area contributed by atoms with Crippen LogP contribution in [0.25, 0.3) is 0 Å². The minimum Gasteiger partial charge on any atom is -0.445 e. The van der Waals surface area contributed by atoms with E-state index in [0.29, 0.717) is 11.1 Å². The molecule has 0 aliphatic carbocycles. The molecule has 0 saturated carbocycles. The molecule has 0 bridgehead atoms. The lowest BCUT2D eigenvalue weighted by atomic mass is 9.94. The zero-order chi connectivity index (χ0) is 30.8. The number of rotatable bonds is 13. The van der Waals surface area contributed by atoms with Crippen molar-refractivity contribution in [1.82, 2.24) is 16.0 Å². The Bertz CT molecular complexity index is 1470. The summed E-state index contributed by atoms with van der Waals surface area (Å²) < 4.78 is 10.6. The number of hydrogen-bond donors (Lipinski definition) is 3. The number of nitrogens with one attached hydrogen (secondary N) is 3. The maximum absolute atomic E-state index is 13.7. The number of carbonyl (C=O) groups is 4. The number of nitrogens with zero attached hydrogens (tertiary/aromatic N) is 1. The molecule has 0 spiro atoms. The normalized spacial score (nSPS) is 17.3. The molecule has 1 saturated heterocycles. The minimum absolute atomic E-state index is 0.0319. The van der Waals surface area contributed by atoms with E-state index < -0.39 is 41.6 Å². The summed E-state index contributed by atoms with van der Waals surface area (Å²) >= 11 is 0. The van der Waals surface area contributed by atoms with Gasteiger partial charge in [-0.2, -0.15) is 5.26 Å². The van der Waals surface area contributed by atoms with Gasteiger partial charge < -0.3 is 25.4 Å². The monoisotopic (exact) mass is 582 g/mol. The van der Waals surface area contributed by atoms with Gasteiger partial charge in [-0.3, -0.25) is 14.4 Å². The van der Waals surface area contributed by atoms with Gasteiger partial charge in [-0.1, -0.05) is 72.8 Å². The van der Waals surface area contributed by atoms with Crippen molar-refractivity contribution in [3.63, 3.8) is 0 Å². The first kappa shape index (κ1) is 30.9. The van der Waals surface area contributed by atoms with E-state index in [9.17, 15) is 19.2 Å². The molecule has 1 fully saturated rings. The van der Waals surface area contributed by atoms with E-state index >= 15 is 0 Å². The number of alkyl carbamates (subject to hydrolysis) is 1. The Kier molecular flexibility index (Phi) is 10.3. The molecular formula is C33H34N4O6. The molecular weight excluding hydrogens is 548 g/mol. The van der Waals surface area contributed by atoms with Gasteiger partial charge in [0.15, 0.2) is 5.78 Å². The molecule has 0 radical (unpaired) electrons. The molecule has 1 aliphatic rings. The Hall–Kier alpha value is -5.01. The lowest BCUT2D eigenvalue weighted by Gasteiger charge is -2.25. The number of ketones is 1. The second-order valence-electron chi connectivity index (χ2n) is 10.6. The third-order valence-corrected chi connectivity index (χ3v) is 7.11. The van der Waals surface area contributed by atoms with Crippen LogP contribution >= 0.6 is 0 Å². The second-order valence-corrected chi connectivity index (χ2v) is 10.6. The molecule has 43 heavy (non-hydrogen) atoms. The topological polar surface area (TPSA) is 150 Å². The predicted molar refractivity (Wildman–Crippen MR) is 157 cm³/mol. The van der Waals surface area contributed by atoms with Crippen LogP contribution in [0.4, 0.5) is 4.79 Å². The van der Waals surface area contributed by atoms with Gasteiger partial charge >= 0.3 is 6.09 Å². The fraction of sp³-hybridized carbons (Fsp3) is 0.303. The summed E-state index contributed by atoms with van der Waals surface area (Å²) in [5, 5.41) is 17.2. The molecule has 3 aromatic carbocycles. The zero-order valence-electron chi connectivity index (χ0n) is 24.0. The van der Waals surface area contributed by atoms with Crippen molar-refractivity contribution >= 4 is 23.7 Å². The molecule has 0 unspecified atom stereocenters. The van der Waals surface area contributed by atoms with Crippen LogP contribution in [-0.4, -0.2) is 54.0 Å². The molecule has 3 N–H and O–H groups in total. The smallest absolute Gasteiger partial charge is 0.408 e. The molecule has 10 nitrogen and oxygen atoms in total. The highest BCUT2D eigenvalue weighted by Gasteiger charge is 2.50. The van der Waals surface area contributed by atoms with Crippen LogP contribution in [-0.2, 0) is 43.3 Å². The number of hydrogen-bond acceptors (Lipinski definition) is 7. The first-order valence-corrected chi connectivity index (χ1v) is 14.0. The number of benzene rings is 3. The van der Waals surface area contributed by atoms with Crippen molar-refractivity contribution in [3.8, 4) is 6.07 Å². The predicted octanol–water partition coefficient (Wildman–Crippen LogP) is 2.99. The van der Waals surface area contributed by atoms with E-state index in [1.165, 1.54) is 6.92 Å². The van der Waals surface area contributed by atoms with E-state index in [2.05, 4.69) is 16.0 Å². The third-order valence-electron chi connectivity index (χ3n) is 7.11. The molecule has 0 aromatic heterocycles. The fourth-order valence-corrected chi connectivity index (χ4v) is 4.41. The number of Topliss-reactive ketones (excluding diaryl/α,β-unsaturated/α-hetero) is 1. The molecule has 1 aliphatic heterocycles. The van der Waals surface area contributed by atoms with Crippen molar-refractivity contribution in [3.05, 3.63) is 107 Å². The molecule has 222 valence electrons. The molecule has 3 aromatic rings. The molecule has 4 atom stereocenters. The maximum atomic E-state index is 13.7. The molecule has 3 amide bonds. The van der Waals surface area contributed by atoms with Crippen molar-refractivity contribution < 1.29 is 28.7 Å². The van der Waals surface area contributed by atoms with Gasteiger partial charge in [0.1, 0.15) is 24.3 Å². The van der Waals surface area contributed by atoms with E-state index in [-0.39, 0.29) is 31.8 Å². The Labute approximate surface area is 250 Å². The van der Waals surface area contributed by atoms with E-state index in [1.54, 1.807) is 43.3 Å². The Morgan fingerprint density at radius 3 is 1.93 bits per heavy atom. The summed E-state index contributed by atoms with van der Waals surface area (Å²) in [5.74, 6) is -1.45. The number of nitriles is 1. The maximum Gasteiger partial charge on any atom is 0.408 e. The average Bonchev–Trinajstić information content (AvgIpc) is 3.78. The van der Waals surface area contributed by atoms with Crippen LogP contribution in [0.1, 0.15) is 36.1 Å². The summed E-state index contributed by atoms with van der Waals surface area (Å²) in [6.07, 6.45) is -0.465. The van der Waals surface area contributed by atoms with E-state index in [1.807, 2.05) is 54.6 Å². The quantitative estimate of drug-likeness (QED) is 0.262. The van der Waals surface area contributed by atoms with E-state index in [0.717, 1.165) is 11.1 Å². The van der Waals surface area contributed by atoms with Crippen LogP contribution < -0.4 is 16.0 Å². The van der Waals surface area contributed by atoms with E-state index in [4.69, 9.17) is 14.7 Å². The average molecular weight is 583 g/mol. The van der Waals surface area contributed by atoms with Crippen LogP contribution in [0.15, 0.2) is 84.9 Å². The lowest BCUT2D eigenvalue weighted by Crippen LogP contribution is -2.57. The lowest BCUT2D eigenvalue weighted by molar-refractivity contribution is -0.133. The van der Waals surface area contributed by atoms with Crippen molar-refractivity contribution in [1.29, 1.82) is 5.26 Å². The summed E-state index contributed by atoms with van der Waals surface area (Å²) in [5.41, 5.74) is 1.80. The van der Waals surface area contributed by atoms with Gasteiger partial charge in [0.05, 0.1) is 24.3 Å². The highest BCUT2D eigenvalue weighted by atomic mass is 16.6. The largest absolute Gasteiger partial charge is 0.445 e. The Morgan fingerprint density at radius 2 is 1.35 bits per heavy atom. The number of carbonyl (C=O) groups excluding carboxylic acids is 4. The summed E-state index contributed by atoms with van der Waals surface area (Å²) in [6, 6.07) is 24.0. The minimum atomic E-state index is -1.09. The highest BCUT2D eigenvalue weighted by molar-refractivity contribution is 5.98. The van der Waals surface area contributed by atoms with Gasteiger partial charge in [-0.15, -0.1) is 0 Å². The molecule has 4 rings (SSSR count). The van der Waals surface area contributed by atoms with Crippen LogP contribution in [0, 0.1) is 11.3 Å². The third kappa shape index (κ3) is 8.99. The van der Waals surface area contributed by atoms with Crippen molar-refractivity contribution in [2.75, 3.05) is 6.61 Å². The first-order chi connectivity index (χ1) is 20.7. The van der Waals surface area contributed by atoms with Gasteiger partial charge in [0, 0.05) is 6.42 Å². The Balaban J connectivity index is 1.46. The van der Waals surface area contributed by atoms with Gasteiger partial charge in [0.2, 0.25) is 11.8 Å². The molecule has 10 heteroatoms. The van der Waals surface area contributed by atoms with Crippen molar-refractivity contribution in [2.45, 2.75) is 57.0 Å². The van der Waals surface area contributed by atoms with Gasteiger partial charge in [-0.05, 0) is 49.1 Å². The fourth-order valence-electron chi connectivity index (χ4n) is 4.41. The summed E-state index contributed by atoms with van der Waals surface area (Å²) in [6.45, 7) is 3.45. The van der Waals surface area contributed by atoms with Crippen LogP contribution in [0.5, 0.6) is 0 Å². The number of amides is 3.